The lowest BCUT2D eigenvalue weighted by Gasteiger charge is -2.08. The molecule has 5 aromatic rings. The lowest BCUT2D eigenvalue weighted by atomic mass is 10.1. The highest BCUT2D eigenvalue weighted by atomic mass is 16.5. The molecule has 0 atom stereocenters. The van der Waals surface area contributed by atoms with Crippen LogP contribution < -0.4 is 24.3 Å². The predicted octanol–water partition coefficient (Wildman–Crippen LogP) is 5.86. The van der Waals surface area contributed by atoms with Crippen LogP contribution >= 0.6 is 0 Å². The highest BCUT2D eigenvalue weighted by Crippen LogP contribution is 2.20. The highest BCUT2D eigenvalue weighted by molar-refractivity contribution is 5.88. The maximum atomic E-state index is 12.6. The summed E-state index contributed by atoms with van der Waals surface area (Å²) in [5, 5.41) is 11.5. The minimum absolute atomic E-state index is 0.0209. The monoisotopic (exact) mass is 729 g/mol. The van der Waals surface area contributed by atoms with Crippen molar-refractivity contribution in [3.63, 3.8) is 0 Å². The SMILES string of the molecule is CC(=O)Nc1ccc(CC(=O)Oc2ccc(CC(=O)Oc3ccc(CC(=O)Oc4ccc(CC(=O)Oc5ccc(CC(=O)O)cc5)cc4)cc3)cc2)cc1. The van der Waals surface area contributed by atoms with Crippen molar-refractivity contribution in [1.29, 1.82) is 0 Å². The molecule has 0 bridgehead atoms. The third kappa shape index (κ3) is 12.6. The summed E-state index contributed by atoms with van der Waals surface area (Å²) in [6.07, 6.45) is -0.154. The first-order valence-corrected chi connectivity index (χ1v) is 16.7. The van der Waals surface area contributed by atoms with Crippen molar-refractivity contribution in [2.75, 3.05) is 5.32 Å². The van der Waals surface area contributed by atoms with Gasteiger partial charge in [-0.05, 0) is 88.5 Å². The number of esters is 4. The van der Waals surface area contributed by atoms with Crippen LogP contribution in [0.25, 0.3) is 0 Å². The average Bonchev–Trinajstić information content (AvgIpc) is 3.12. The van der Waals surface area contributed by atoms with Gasteiger partial charge in [0, 0.05) is 12.6 Å². The van der Waals surface area contributed by atoms with Crippen LogP contribution in [0.1, 0.15) is 34.7 Å². The Labute approximate surface area is 310 Å². The van der Waals surface area contributed by atoms with E-state index in [4.69, 9.17) is 24.1 Å². The number of hydrogen-bond acceptors (Lipinski definition) is 10. The van der Waals surface area contributed by atoms with Crippen LogP contribution in [0, 0.1) is 0 Å². The second-order valence-electron chi connectivity index (χ2n) is 12.1. The predicted molar refractivity (Wildman–Crippen MR) is 195 cm³/mol. The molecule has 5 rings (SSSR count). The largest absolute Gasteiger partial charge is 0.481 e. The second kappa shape index (κ2) is 18.4. The summed E-state index contributed by atoms with van der Waals surface area (Å²) in [5.74, 6) is -1.87. The number of carbonyl (C=O) groups is 6. The minimum Gasteiger partial charge on any atom is -0.481 e. The molecule has 0 aliphatic carbocycles. The van der Waals surface area contributed by atoms with Gasteiger partial charge in [-0.3, -0.25) is 28.8 Å². The van der Waals surface area contributed by atoms with E-state index in [1.165, 1.54) is 19.1 Å². The molecule has 0 aromatic heterocycles. The normalized spacial score (nSPS) is 10.5. The maximum absolute atomic E-state index is 12.6. The standard InChI is InChI=1S/C42H35NO11/c1-27(44)43-33-12-2-29(3-13-33)23-39(47)52-35-16-6-31(7-17-35)25-41(49)54-37-20-10-32(11-21-37)26-42(50)53-36-18-8-30(9-19-36)24-40(48)51-34-14-4-28(5-15-34)22-38(45)46/h2-21H,22-26H2,1H3,(H,43,44)(H,45,46). The number of nitrogens with one attached hydrogen (secondary N) is 1. The number of anilines is 1. The van der Waals surface area contributed by atoms with Gasteiger partial charge in [-0.2, -0.15) is 0 Å². The van der Waals surface area contributed by atoms with Crippen LogP contribution in [0.15, 0.2) is 121 Å². The van der Waals surface area contributed by atoms with Gasteiger partial charge in [0.05, 0.1) is 32.1 Å². The second-order valence-corrected chi connectivity index (χ2v) is 12.1. The maximum Gasteiger partial charge on any atom is 0.315 e. The van der Waals surface area contributed by atoms with Crippen molar-refractivity contribution in [1.82, 2.24) is 0 Å². The van der Waals surface area contributed by atoms with Crippen LogP contribution in [-0.4, -0.2) is 40.9 Å². The first kappa shape index (κ1) is 38.2. The molecule has 0 unspecified atom stereocenters. The minimum atomic E-state index is -0.952. The molecule has 5 aromatic carbocycles. The smallest absolute Gasteiger partial charge is 0.315 e. The van der Waals surface area contributed by atoms with E-state index in [-0.39, 0.29) is 38.0 Å². The van der Waals surface area contributed by atoms with Gasteiger partial charge in [-0.1, -0.05) is 60.7 Å². The van der Waals surface area contributed by atoms with E-state index in [2.05, 4.69) is 5.32 Å². The zero-order valence-electron chi connectivity index (χ0n) is 29.1. The summed E-state index contributed by atoms with van der Waals surface area (Å²) >= 11 is 0. The number of rotatable bonds is 15. The number of carboxylic acids is 1. The van der Waals surface area contributed by atoms with Crippen LogP contribution in [0.3, 0.4) is 0 Å². The first-order valence-electron chi connectivity index (χ1n) is 16.7. The van der Waals surface area contributed by atoms with Crippen molar-refractivity contribution in [3.05, 3.63) is 149 Å². The fourth-order valence-corrected chi connectivity index (χ4v) is 5.12. The quantitative estimate of drug-likeness (QED) is 0.0976. The molecular formula is C42H35NO11. The zero-order chi connectivity index (χ0) is 38.5. The summed E-state index contributed by atoms with van der Waals surface area (Å²) in [4.78, 5) is 71.8. The lowest BCUT2D eigenvalue weighted by molar-refractivity contribution is -0.136. The molecule has 0 spiro atoms. The van der Waals surface area contributed by atoms with E-state index in [0.717, 1.165) is 5.56 Å². The Bertz CT molecular complexity index is 1950. The summed E-state index contributed by atoms with van der Waals surface area (Å²) in [5.41, 5.74) is 3.89. The first-order chi connectivity index (χ1) is 25.9. The van der Waals surface area contributed by atoms with Gasteiger partial charge in [0.2, 0.25) is 5.91 Å². The fourth-order valence-electron chi connectivity index (χ4n) is 5.12. The van der Waals surface area contributed by atoms with Crippen molar-refractivity contribution in [2.45, 2.75) is 39.0 Å². The average molecular weight is 730 g/mol. The van der Waals surface area contributed by atoms with Crippen LogP contribution in [-0.2, 0) is 60.9 Å². The molecule has 0 aliphatic rings. The number of hydrogen-bond donors (Lipinski definition) is 2. The Balaban J connectivity index is 1.01. The topological polar surface area (TPSA) is 172 Å². The van der Waals surface area contributed by atoms with E-state index < -0.39 is 29.8 Å². The zero-order valence-corrected chi connectivity index (χ0v) is 29.1. The van der Waals surface area contributed by atoms with Crippen molar-refractivity contribution < 1.29 is 52.8 Å². The lowest BCUT2D eigenvalue weighted by Crippen LogP contribution is -2.13. The molecule has 2 N–H and O–H groups in total. The Kier molecular flexibility index (Phi) is 13.0. The molecule has 12 nitrogen and oxygen atoms in total. The molecule has 0 radical (unpaired) electrons. The molecule has 54 heavy (non-hydrogen) atoms. The molecule has 12 heteroatoms. The molecule has 274 valence electrons. The Hall–Kier alpha value is -7.08. The van der Waals surface area contributed by atoms with Crippen molar-refractivity contribution in [3.8, 4) is 23.0 Å². The number of aliphatic carboxylic acids is 1. The Morgan fingerprint density at radius 2 is 0.648 bits per heavy atom. The molecule has 0 saturated carbocycles. The van der Waals surface area contributed by atoms with Gasteiger partial charge >= 0.3 is 29.8 Å². The molecule has 0 aliphatic heterocycles. The van der Waals surface area contributed by atoms with Gasteiger partial charge in [0.15, 0.2) is 0 Å². The van der Waals surface area contributed by atoms with E-state index in [0.29, 0.717) is 50.9 Å². The third-order valence-corrected chi connectivity index (χ3v) is 7.64. The van der Waals surface area contributed by atoms with E-state index >= 15 is 0 Å². The molecular weight excluding hydrogens is 694 g/mol. The summed E-state index contributed by atoms with van der Waals surface area (Å²) in [7, 11) is 0. The number of benzene rings is 5. The van der Waals surface area contributed by atoms with Crippen LogP contribution in [0.4, 0.5) is 5.69 Å². The van der Waals surface area contributed by atoms with E-state index in [1.807, 2.05) is 0 Å². The molecule has 0 heterocycles. The number of carboxylic acid groups (broad SMARTS) is 1. The van der Waals surface area contributed by atoms with Gasteiger partial charge in [-0.25, -0.2) is 0 Å². The third-order valence-electron chi connectivity index (χ3n) is 7.64. The van der Waals surface area contributed by atoms with Crippen LogP contribution in [0.5, 0.6) is 23.0 Å². The highest BCUT2D eigenvalue weighted by Gasteiger charge is 2.13. The molecule has 1 amide bonds. The van der Waals surface area contributed by atoms with E-state index in [1.54, 1.807) is 109 Å². The van der Waals surface area contributed by atoms with Crippen LogP contribution in [0.2, 0.25) is 0 Å². The van der Waals surface area contributed by atoms with Crippen molar-refractivity contribution in [2.24, 2.45) is 0 Å². The Morgan fingerprint density at radius 1 is 0.407 bits per heavy atom. The number of carbonyl (C=O) groups excluding carboxylic acids is 5. The summed E-state index contributed by atoms with van der Waals surface area (Å²) in [6, 6.07) is 32.5. The summed E-state index contributed by atoms with van der Waals surface area (Å²) < 4.78 is 21.6. The van der Waals surface area contributed by atoms with Gasteiger partial charge < -0.3 is 29.4 Å². The van der Waals surface area contributed by atoms with Gasteiger partial charge in [0.1, 0.15) is 23.0 Å². The van der Waals surface area contributed by atoms with E-state index in [9.17, 15) is 28.8 Å². The summed E-state index contributed by atoms with van der Waals surface area (Å²) in [6.45, 7) is 1.41. The number of ether oxygens (including phenoxy) is 4. The van der Waals surface area contributed by atoms with Gasteiger partial charge in [-0.15, -0.1) is 0 Å². The van der Waals surface area contributed by atoms with Gasteiger partial charge in [0.25, 0.3) is 0 Å². The van der Waals surface area contributed by atoms with Crippen molar-refractivity contribution >= 4 is 41.4 Å². The molecule has 0 saturated heterocycles. The number of amides is 1. The fraction of sp³-hybridized carbons (Fsp3) is 0.143. The Morgan fingerprint density at radius 3 is 0.889 bits per heavy atom. The molecule has 0 fully saturated rings.